The van der Waals surface area contributed by atoms with E-state index < -0.39 is 0 Å². The molecule has 1 aliphatic rings. The van der Waals surface area contributed by atoms with Gasteiger partial charge < -0.3 is 4.90 Å². The van der Waals surface area contributed by atoms with Gasteiger partial charge in [-0.1, -0.05) is 33.8 Å². The number of nitrogens with zero attached hydrogens (tertiary/aromatic N) is 1. The lowest BCUT2D eigenvalue weighted by atomic mass is 9.68. The maximum absolute atomic E-state index is 11.9. The molecule has 1 amide bonds. The zero-order valence-electron chi connectivity index (χ0n) is 11.7. The van der Waals surface area contributed by atoms with Gasteiger partial charge in [-0.25, -0.2) is 0 Å². The number of hydrogen-bond donors (Lipinski definition) is 0. The summed E-state index contributed by atoms with van der Waals surface area (Å²) in [7, 11) is 0. The third kappa shape index (κ3) is 4.17. The Bertz CT molecular complexity index is 348. The van der Waals surface area contributed by atoms with Gasteiger partial charge in [-0.15, -0.1) is 23.2 Å². The Hall–Kier alpha value is -0.210. The SMILES string of the molecule is CC1(C)C=C(N(CCCl)C(=O)CCl)CC(C)(C)C1. The van der Waals surface area contributed by atoms with Crippen LogP contribution in [-0.4, -0.2) is 29.1 Å². The van der Waals surface area contributed by atoms with Crippen molar-refractivity contribution in [2.75, 3.05) is 18.3 Å². The molecule has 1 rings (SSSR count). The summed E-state index contributed by atoms with van der Waals surface area (Å²) in [4.78, 5) is 13.7. The Labute approximate surface area is 120 Å². The van der Waals surface area contributed by atoms with Crippen molar-refractivity contribution in [1.82, 2.24) is 4.90 Å². The second-order valence-electron chi connectivity index (χ2n) is 6.51. The Kier molecular flexibility index (Phi) is 5.13. The summed E-state index contributed by atoms with van der Waals surface area (Å²) >= 11 is 11.5. The molecule has 4 heteroatoms. The molecule has 0 spiro atoms. The molecule has 0 aromatic rings. The van der Waals surface area contributed by atoms with Crippen LogP contribution in [0.2, 0.25) is 0 Å². The van der Waals surface area contributed by atoms with Gasteiger partial charge in [0, 0.05) is 18.1 Å². The fraction of sp³-hybridized carbons (Fsp3) is 0.786. The summed E-state index contributed by atoms with van der Waals surface area (Å²) in [5.74, 6) is 0.382. The molecule has 0 radical (unpaired) electrons. The van der Waals surface area contributed by atoms with Crippen molar-refractivity contribution in [2.24, 2.45) is 10.8 Å². The molecule has 0 N–H and O–H groups in total. The number of carbonyl (C=O) groups excluding carboxylic acids is 1. The first-order valence-corrected chi connectivity index (χ1v) is 7.42. The monoisotopic (exact) mass is 291 g/mol. The van der Waals surface area contributed by atoms with Gasteiger partial charge in [0.2, 0.25) is 5.91 Å². The molecule has 0 fully saturated rings. The van der Waals surface area contributed by atoms with E-state index in [1.807, 2.05) is 0 Å². The molecule has 0 unspecified atom stereocenters. The van der Waals surface area contributed by atoms with Crippen molar-refractivity contribution >= 4 is 29.1 Å². The molecule has 18 heavy (non-hydrogen) atoms. The molecular formula is C14H23Cl2NO. The standard InChI is InChI=1S/C14H23Cl2NO/c1-13(2)7-11(8-14(3,4)10-13)17(6-5-15)12(18)9-16/h7H,5-6,8-10H2,1-4H3. The molecule has 0 atom stereocenters. The first kappa shape index (κ1) is 15.8. The molecule has 1 aliphatic carbocycles. The van der Waals surface area contributed by atoms with E-state index in [1.54, 1.807) is 4.90 Å². The van der Waals surface area contributed by atoms with Gasteiger partial charge >= 0.3 is 0 Å². The van der Waals surface area contributed by atoms with Crippen molar-refractivity contribution in [3.8, 4) is 0 Å². The van der Waals surface area contributed by atoms with Gasteiger partial charge in [0.1, 0.15) is 5.88 Å². The average Bonchev–Trinajstić information content (AvgIpc) is 2.20. The molecule has 0 aromatic heterocycles. The van der Waals surface area contributed by atoms with Crippen molar-refractivity contribution < 1.29 is 4.79 Å². The fourth-order valence-corrected chi connectivity index (χ4v) is 3.41. The van der Waals surface area contributed by atoms with E-state index in [-0.39, 0.29) is 22.6 Å². The van der Waals surface area contributed by atoms with Crippen molar-refractivity contribution in [3.05, 3.63) is 11.8 Å². The van der Waals surface area contributed by atoms with Crippen molar-refractivity contribution in [3.63, 3.8) is 0 Å². The predicted octanol–water partition coefficient (Wildman–Crippen LogP) is 4.02. The normalized spacial score (nSPS) is 21.3. The summed E-state index contributed by atoms with van der Waals surface area (Å²) < 4.78 is 0. The summed E-state index contributed by atoms with van der Waals surface area (Å²) in [6, 6.07) is 0. The van der Waals surface area contributed by atoms with Crippen LogP contribution in [0.1, 0.15) is 40.5 Å². The number of halogens is 2. The summed E-state index contributed by atoms with van der Waals surface area (Å²) in [6.45, 7) is 9.43. The van der Waals surface area contributed by atoms with Gasteiger partial charge in [-0.05, 0) is 23.7 Å². The van der Waals surface area contributed by atoms with Crippen LogP contribution >= 0.6 is 23.2 Å². The molecule has 2 nitrogen and oxygen atoms in total. The number of allylic oxidation sites excluding steroid dienone is 2. The van der Waals surface area contributed by atoms with Crippen LogP contribution in [0.25, 0.3) is 0 Å². The highest BCUT2D eigenvalue weighted by Crippen LogP contribution is 2.45. The molecule has 0 heterocycles. The molecule has 0 bridgehead atoms. The van der Waals surface area contributed by atoms with Crippen LogP contribution in [0.5, 0.6) is 0 Å². The largest absolute Gasteiger partial charge is 0.314 e. The van der Waals surface area contributed by atoms with Crippen LogP contribution in [0, 0.1) is 10.8 Å². The van der Waals surface area contributed by atoms with E-state index in [0.29, 0.717) is 12.4 Å². The second-order valence-corrected chi connectivity index (χ2v) is 7.16. The lowest BCUT2D eigenvalue weighted by molar-refractivity contribution is -0.126. The van der Waals surface area contributed by atoms with Crippen LogP contribution in [0.3, 0.4) is 0 Å². The number of hydrogen-bond acceptors (Lipinski definition) is 1. The second kappa shape index (κ2) is 5.83. The molecule has 0 aromatic carbocycles. The molecule has 0 saturated carbocycles. The number of rotatable bonds is 4. The van der Waals surface area contributed by atoms with Crippen LogP contribution in [0.4, 0.5) is 0 Å². The van der Waals surface area contributed by atoms with E-state index in [1.165, 1.54) is 0 Å². The Morgan fingerprint density at radius 3 is 2.39 bits per heavy atom. The van der Waals surface area contributed by atoms with Gasteiger partial charge in [0.05, 0.1) is 0 Å². The highest BCUT2D eigenvalue weighted by Gasteiger charge is 2.35. The van der Waals surface area contributed by atoms with Gasteiger partial charge in [-0.2, -0.15) is 0 Å². The number of amides is 1. The fourth-order valence-electron chi connectivity index (χ4n) is 3.10. The van der Waals surface area contributed by atoms with E-state index in [0.717, 1.165) is 18.5 Å². The summed E-state index contributed by atoms with van der Waals surface area (Å²) in [5, 5.41) is 0. The predicted molar refractivity (Wildman–Crippen MR) is 78.0 cm³/mol. The minimum absolute atomic E-state index is 0.00901. The number of alkyl halides is 2. The highest BCUT2D eigenvalue weighted by molar-refractivity contribution is 6.27. The van der Waals surface area contributed by atoms with Crippen LogP contribution < -0.4 is 0 Å². The quantitative estimate of drug-likeness (QED) is 0.717. The van der Waals surface area contributed by atoms with Crippen LogP contribution in [0.15, 0.2) is 11.8 Å². The van der Waals surface area contributed by atoms with E-state index >= 15 is 0 Å². The highest BCUT2D eigenvalue weighted by atomic mass is 35.5. The van der Waals surface area contributed by atoms with Gasteiger partial charge in [0.25, 0.3) is 0 Å². The maximum Gasteiger partial charge on any atom is 0.241 e. The third-order valence-electron chi connectivity index (χ3n) is 3.22. The first-order valence-electron chi connectivity index (χ1n) is 6.35. The van der Waals surface area contributed by atoms with Crippen molar-refractivity contribution in [2.45, 2.75) is 40.5 Å². The zero-order chi connectivity index (χ0) is 14.0. The Morgan fingerprint density at radius 1 is 1.33 bits per heavy atom. The minimum Gasteiger partial charge on any atom is -0.314 e. The lowest BCUT2D eigenvalue weighted by Crippen LogP contribution is -2.39. The smallest absolute Gasteiger partial charge is 0.241 e. The lowest BCUT2D eigenvalue weighted by Gasteiger charge is -2.42. The maximum atomic E-state index is 11.9. The average molecular weight is 292 g/mol. The summed E-state index contributed by atoms with van der Waals surface area (Å²) in [5.41, 5.74) is 1.38. The molecule has 104 valence electrons. The van der Waals surface area contributed by atoms with E-state index in [4.69, 9.17) is 23.2 Å². The molecular weight excluding hydrogens is 269 g/mol. The van der Waals surface area contributed by atoms with E-state index in [9.17, 15) is 4.79 Å². The van der Waals surface area contributed by atoms with Crippen LogP contribution in [-0.2, 0) is 4.79 Å². The molecule has 0 saturated heterocycles. The zero-order valence-corrected chi connectivity index (χ0v) is 13.2. The minimum atomic E-state index is -0.0583. The van der Waals surface area contributed by atoms with Crippen molar-refractivity contribution in [1.29, 1.82) is 0 Å². The summed E-state index contributed by atoms with van der Waals surface area (Å²) in [6.07, 6.45) is 4.22. The first-order chi connectivity index (χ1) is 8.21. The Balaban J connectivity index is 3.03. The van der Waals surface area contributed by atoms with Gasteiger partial charge in [0.15, 0.2) is 0 Å². The third-order valence-corrected chi connectivity index (χ3v) is 3.62. The molecule has 0 aliphatic heterocycles. The topological polar surface area (TPSA) is 20.3 Å². The Morgan fingerprint density at radius 2 is 1.94 bits per heavy atom. The van der Waals surface area contributed by atoms with Gasteiger partial charge in [-0.3, -0.25) is 4.79 Å². The van der Waals surface area contributed by atoms with E-state index in [2.05, 4.69) is 33.8 Å². The number of carbonyl (C=O) groups is 1.